The van der Waals surface area contributed by atoms with Gasteiger partial charge in [-0.3, -0.25) is 0 Å². The third-order valence-electron chi connectivity index (χ3n) is 2.61. The van der Waals surface area contributed by atoms with Crippen LogP contribution < -0.4 is 5.73 Å². The lowest BCUT2D eigenvalue weighted by Crippen LogP contribution is -2.19. The van der Waals surface area contributed by atoms with E-state index in [2.05, 4.69) is 11.9 Å². The summed E-state index contributed by atoms with van der Waals surface area (Å²) in [6.45, 7) is 2.75. The Labute approximate surface area is 97.9 Å². The Kier molecular flexibility index (Phi) is 5.90. The summed E-state index contributed by atoms with van der Waals surface area (Å²) >= 11 is 0. The Hall–Kier alpha value is -1.06. The summed E-state index contributed by atoms with van der Waals surface area (Å²) in [5, 5.41) is 9.34. The Morgan fingerprint density at radius 1 is 1.25 bits per heavy atom. The second-order valence-electron chi connectivity index (χ2n) is 4.26. The molecule has 0 heterocycles. The molecule has 0 aliphatic rings. The van der Waals surface area contributed by atoms with Crippen molar-refractivity contribution in [3.63, 3.8) is 0 Å². The number of phenolic OH excluding ortho intramolecular Hbond substituents is 1. The topological polar surface area (TPSA) is 49.5 Å². The summed E-state index contributed by atoms with van der Waals surface area (Å²) in [6, 6.07) is 7.43. The zero-order valence-electron chi connectivity index (χ0n) is 10.0. The van der Waals surface area contributed by atoms with Gasteiger partial charge in [0.05, 0.1) is 0 Å². The van der Waals surface area contributed by atoms with E-state index in [0.717, 1.165) is 31.6 Å². The average molecular weight is 222 g/mol. The molecule has 3 nitrogen and oxygen atoms in total. The maximum atomic E-state index is 9.34. The molecule has 0 bridgehead atoms. The summed E-state index contributed by atoms with van der Waals surface area (Å²) < 4.78 is 0. The van der Waals surface area contributed by atoms with Crippen LogP contribution in [0.15, 0.2) is 24.3 Å². The number of aromatic hydroxyl groups is 1. The van der Waals surface area contributed by atoms with Crippen LogP contribution in [0.4, 0.5) is 0 Å². The number of benzene rings is 1. The first-order chi connectivity index (χ1) is 7.72. The second kappa shape index (κ2) is 7.25. The van der Waals surface area contributed by atoms with Crippen LogP contribution in [0.1, 0.15) is 24.8 Å². The Morgan fingerprint density at radius 3 is 2.75 bits per heavy atom. The summed E-state index contributed by atoms with van der Waals surface area (Å²) in [5.41, 5.74) is 6.60. The van der Waals surface area contributed by atoms with Crippen LogP contribution in [-0.2, 0) is 6.54 Å². The fourth-order valence-corrected chi connectivity index (χ4v) is 1.75. The van der Waals surface area contributed by atoms with Crippen molar-refractivity contribution in [3.05, 3.63) is 29.8 Å². The van der Waals surface area contributed by atoms with Crippen molar-refractivity contribution < 1.29 is 5.11 Å². The van der Waals surface area contributed by atoms with Crippen molar-refractivity contribution in [1.82, 2.24) is 4.90 Å². The quantitative estimate of drug-likeness (QED) is 0.693. The molecule has 1 aromatic carbocycles. The zero-order valence-corrected chi connectivity index (χ0v) is 10.0. The van der Waals surface area contributed by atoms with Gasteiger partial charge in [-0.1, -0.05) is 18.6 Å². The molecule has 0 fully saturated rings. The van der Waals surface area contributed by atoms with Crippen LogP contribution in [0.3, 0.4) is 0 Å². The minimum atomic E-state index is 0.342. The average Bonchev–Trinajstić information content (AvgIpc) is 2.24. The van der Waals surface area contributed by atoms with Crippen LogP contribution in [-0.4, -0.2) is 30.1 Å². The Bertz CT molecular complexity index is 302. The summed E-state index contributed by atoms with van der Waals surface area (Å²) in [7, 11) is 2.10. The molecule has 0 aliphatic heterocycles. The molecule has 0 spiro atoms. The molecule has 1 aromatic rings. The highest BCUT2D eigenvalue weighted by Gasteiger charge is 2.00. The maximum Gasteiger partial charge on any atom is 0.115 e. The number of nitrogens with zero attached hydrogens (tertiary/aromatic N) is 1. The minimum Gasteiger partial charge on any atom is -0.508 e. The van der Waals surface area contributed by atoms with Crippen molar-refractivity contribution in [2.45, 2.75) is 25.8 Å². The van der Waals surface area contributed by atoms with Crippen LogP contribution >= 0.6 is 0 Å². The molecule has 3 heteroatoms. The van der Waals surface area contributed by atoms with Gasteiger partial charge in [-0.15, -0.1) is 0 Å². The standard InChI is InChI=1S/C13H22N2O/c1-15(9-4-2-3-8-14)11-12-6-5-7-13(16)10-12/h5-7,10,16H,2-4,8-9,11,14H2,1H3. The van der Waals surface area contributed by atoms with Gasteiger partial charge in [0.2, 0.25) is 0 Å². The predicted octanol–water partition coefficient (Wildman–Crippen LogP) is 1.95. The number of phenols is 1. The van der Waals surface area contributed by atoms with E-state index in [0.29, 0.717) is 5.75 Å². The fourth-order valence-electron chi connectivity index (χ4n) is 1.75. The first-order valence-electron chi connectivity index (χ1n) is 5.89. The zero-order chi connectivity index (χ0) is 11.8. The van der Waals surface area contributed by atoms with Gasteiger partial charge in [0, 0.05) is 6.54 Å². The highest BCUT2D eigenvalue weighted by Crippen LogP contribution is 2.12. The molecule has 0 amide bonds. The van der Waals surface area contributed by atoms with Gasteiger partial charge in [0.15, 0.2) is 0 Å². The Balaban J connectivity index is 2.25. The molecule has 3 N–H and O–H groups in total. The van der Waals surface area contributed by atoms with Crippen molar-refractivity contribution >= 4 is 0 Å². The van der Waals surface area contributed by atoms with Gasteiger partial charge in [-0.05, 0) is 50.7 Å². The maximum absolute atomic E-state index is 9.34. The molecule has 0 aromatic heterocycles. The smallest absolute Gasteiger partial charge is 0.115 e. The monoisotopic (exact) mass is 222 g/mol. The molecule has 0 radical (unpaired) electrons. The number of hydrogen-bond acceptors (Lipinski definition) is 3. The van der Waals surface area contributed by atoms with Gasteiger partial charge < -0.3 is 15.7 Å². The third kappa shape index (κ3) is 5.14. The van der Waals surface area contributed by atoms with Gasteiger partial charge in [0.1, 0.15) is 5.75 Å². The number of nitrogens with two attached hydrogens (primary N) is 1. The molecule has 90 valence electrons. The summed E-state index contributed by atoms with van der Waals surface area (Å²) in [5.74, 6) is 0.342. The number of hydrogen-bond donors (Lipinski definition) is 2. The number of rotatable bonds is 7. The van der Waals surface area contributed by atoms with E-state index in [1.807, 2.05) is 18.2 Å². The lowest BCUT2D eigenvalue weighted by Gasteiger charge is -2.16. The van der Waals surface area contributed by atoms with E-state index in [1.54, 1.807) is 6.07 Å². The SMILES string of the molecule is CN(CCCCCN)Cc1cccc(O)c1. The van der Waals surface area contributed by atoms with Gasteiger partial charge in [-0.2, -0.15) is 0 Å². The molecule has 16 heavy (non-hydrogen) atoms. The van der Waals surface area contributed by atoms with Crippen LogP contribution in [0.5, 0.6) is 5.75 Å². The first-order valence-corrected chi connectivity index (χ1v) is 5.89. The normalized spacial score (nSPS) is 10.9. The van der Waals surface area contributed by atoms with Crippen LogP contribution in [0.25, 0.3) is 0 Å². The molecule has 1 rings (SSSR count). The first kappa shape index (κ1) is 13.0. The molecule has 0 atom stereocenters. The molecular weight excluding hydrogens is 200 g/mol. The predicted molar refractivity (Wildman–Crippen MR) is 67.3 cm³/mol. The number of unbranched alkanes of at least 4 members (excludes halogenated alkanes) is 2. The van der Waals surface area contributed by atoms with E-state index in [4.69, 9.17) is 5.73 Å². The highest BCUT2D eigenvalue weighted by atomic mass is 16.3. The van der Waals surface area contributed by atoms with E-state index in [9.17, 15) is 5.11 Å². The van der Waals surface area contributed by atoms with Crippen molar-refractivity contribution in [2.24, 2.45) is 5.73 Å². The van der Waals surface area contributed by atoms with Gasteiger partial charge in [0.25, 0.3) is 0 Å². The van der Waals surface area contributed by atoms with E-state index < -0.39 is 0 Å². The molecule has 0 saturated heterocycles. The molecule has 0 unspecified atom stereocenters. The van der Waals surface area contributed by atoms with E-state index in [-0.39, 0.29) is 0 Å². The highest BCUT2D eigenvalue weighted by molar-refractivity contribution is 5.26. The molecule has 0 aliphatic carbocycles. The Morgan fingerprint density at radius 2 is 2.06 bits per heavy atom. The van der Waals surface area contributed by atoms with Crippen LogP contribution in [0.2, 0.25) is 0 Å². The van der Waals surface area contributed by atoms with Crippen molar-refractivity contribution in [3.8, 4) is 5.75 Å². The second-order valence-corrected chi connectivity index (χ2v) is 4.26. The summed E-state index contributed by atoms with van der Waals surface area (Å²) in [4.78, 5) is 2.27. The lowest BCUT2D eigenvalue weighted by atomic mass is 10.2. The summed E-state index contributed by atoms with van der Waals surface area (Å²) in [6.07, 6.45) is 3.49. The fraction of sp³-hybridized carbons (Fsp3) is 0.538. The third-order valence-corrected chi connectivity index (χ3v) is 2.61. The minimum absolute atomic E-state index is 0.342. The lowest BCUT2D eigenvalue weighted by molar-refractivity contribution is 0.317. The molecule has 0 saturated carbocycles. The van der Waals surface area contributed by atoms with Gasteiger partial charge >= 0.3 is 0 Å². The van der Waals surface area contributed by atoms with Crippen molar-refractivity contribution in [1.29, 1.82) is 0 Å². The van der Waals surface area contributed by atoms with Crippen LogP contribution in [0, 0.1) is 0 Å². The van der Waals surface area contributed by atoms with Crippen molar-refractivity contribution in [2.75, 3.05) is 20.1 Å². The van der Waals surface area contributed by atoms with E-state index in [1.165, 1.54) is 12.8 Å². The van der Waals surface area contributed by atoms with Gasteiger partial charge in [-0.25, -0.2) is 0 Å². The molecular formula is C13H22N2O. The van der Waals surface area contributed by atoms with E-state index >= 15 is 0 Å². The largest absolute Gasteiger partial charge is 0.508 e.